The van der Waals surface area contributed by atoms with Crippen LogP contribution >= 0.6 is 0 Å². The first-order valence-electron chi connectivity index (χ1n) is 6.34. The van der Waals surface area contributed by atoms with Gasteiger partial charge in [0.15, 0.2) is 0 Å². The smallest absolute Gasteiger partial charge is 0.303 e. The predicted octanol–water partition coefficient (Wildman–Crippen LogP) is 2.27. The van der Waals surface area contributed by atoms with Gasteiger partial charge in [0.05, 0.1) is 12.2 Å². The van der Waals surface area contributed by atoms with Crippen molar-refractivity contribution in [1.82, 2.24) is 10.3 Å². The van der Waals surface area contributed by atoms with Crippen LogP contribution in [0.3, 0.4) is 0 Å². The molecule has 18 heavy (non-hydrogen) atoms. The van der Waals surface area contributed by atoms with E-state index in [4.69, 9.17) is 9.52 Å². The van der Waals surface area contributed by atoms with Crippen LogP contribution in [0, 0.1) is 19.8 Å². The minimum absolute atomic E-state index is 0.249. The first-order chi connectivity index (χ1) is 8.49. The number of carboxylic acid groups (broad SMARTS) is 1. The summed E-state index contributed by atoms with van der Waals surface area (Å²) in [6.07, 6.45) is 1.94. The zero-order chi connectivity index (χ0) is 13.5. The van der Waals surface area contributed by atoms with Gasteiger partial charge in [0.1, 0.15) is 5.76 Å². The van der Waals surface area contributed by atoms with Gasteiger partial charge in [-0.2, -0.15) is 0 Å². The summed E-state index contributed by atoms with van der Waals surface area (Å²) >= 11 is 0. The number of carbonyl (C=O) groups is 1. The number of carboxylic acids is 1. The molecule has 0 aliphatic carbocycles. The topological polar surface area (TPSA) is 75.4 Å². The molecule has 0 bridgehead atoms. The average Bonchev–Trinajstić information content (AvgIpc) is 2.62. The van der Waals surface area contributed by atoms with E-state index >= 15 is 0 Å². The first-order valence-corrected chi connectivity index (χ1v) is 6.34. The molecular weight excluding hydrogens is 232 g/mol. The maximum atomic E-state index is 10.4. The highest BCUT2D eigenvalue weighted by Crippen LogP contribution is 2.10. The lowest BCUT2D eigenvalue weighted by Gasteiger charge is -2.09. The normalized spacial score (nSPS) is 12.6. The zero-order valence-corrected chi connectivity index (χ0v) is 11.3. The van der Waals surface area contributed by atoms with Crippen molar-refractivity contribution in [3.8, 4) is 0 Å². The van der Waals surface area contributed by atoms with Crippen LogP contribution in [0.25, 0.3) is 0 Å². The summed E-state index contributed by atoms with van der Waals surface area (Å²) in [7, 11) is 0. The molecule has 0 aliphatic heterocycles. The number of aryl methyl sites for hydroxylation is 2. The maximum absolute atomic E-state index is 10.4. The van der Waals surface area contributed by atoms with Gasteiger partial charge < -0.3 is 14.8 Å². The van der Waals surface area contributed by atoms with E-state index in [1.807, 2.05) is 13.8 Å². The Bertz CT molecular complexity index is 368. The van der Waals surface area contributed by atoms with E-state index < -0.39 is 5.97 Å². The van der Waals surface area contributed by atoms with Gasteiger partial charge in [-0.05, 0) is 39.2 Å². The van der Waals surface area contributed by atoms with Gasteiger partial charge in [-0.3, -0.25) is 4.79 Å². The Kier molecular flexibility index (Phi) is 5.85. The average molecular weight is 254 g/mol. The number of nitrogens with one attached hydrogen (secondary N) is 1. The van der Waals surface area contributed by atoms with Gasteiger partial charge in [-0.25, -0.2) is 4.98 Å². The quantitative estimate of drug-likeness (QED) is 0.696. The summed E-state index contributed by atoms with van der Waals surface area (Å²) in [5.41, 5.74) is 0.932. The van der Waals surface area contributed by atoms with Crippen LogP contribution in [0.2, 0.25) is 0 Å². The van der Waals surface area contributed by atoms with Crippen molar-refractivity contribution in [2.75, 3.05) is 6.54 Å². The molecule has 0 saturated heterocycles. The van der Waals surface area contributed by atoms with E-state index in [0.717, 1.165) is 30.8 Å². The third kappa shape index (κ3) is 5.31. The number of rotatable bonds is 8. The molecule has 1 heterocycles. The minimum Gasteiger partial charge on any atom is -0.481 e. The number of nitrogens with zero attached hydrogens (tertiary/aromatic N) is 1. The highest BCUT2D eigenvalue weighted by atomic mass is 16.4. The molecule has 0 saturated carbocycles. The van der Waals surface area contributed by atoms with Crippen molar-refractivity contribution < 1.29 is 14.3 Å². The SMILES string of the molecule is Cc1nc(CNCCC(C)CCC(=O)O)oc1C. The van der Waals surface area contributed by atoms with Crippen LogP contribution in [0.4, 0.5) is 0 Å². The Hall–Kier alpha value is -1.36. The Balaban J connectivity index is 2.13. The van der Waals surface area contributed by atoms with E-state index in [-0.39, 0.29) is 6.42 Å². The van der Waals surface area contributed by atoms with E-state index in [1.165, 1.54) is 0 Å². The summed E-state index contributed by atoms with van der Waals surface area (Å²) in [4.78, 5) is 14.7. The number of aromatic nitrogens is 1. The predicted molar refractivity (Wildman–Crippen MR) is 68.3 cm³/mol. The Morgan fingerprint density at radius 3 is 2.72 bits per heavy atom. The molecule has 0 aliphatic rings. The molecule has 5 heteroatoms. The largest absolute Gasteiger partial charge is 0.481 e. The van der Waals surface area contributed by atoms with Crippen molar-refractivity contribution >= 4 is 5.97 Å². The number of hydrogen-bond donors (Lipinski definition) is 2. The molecular formula is C13H22N2O3. The van der Waals surface area contributed by atoms with Crippen LogP contribution in [0.5, 0.6) is 0 Å². The van der Waals surface area contributed by atoms with E-state index in [9.17, 15) is 4.79 Å². The molecule has 5 nitrogen and oxygen atoms in total. The second-order valence-electron chi connectivity index (χ2n) is 4.75. The van der Waals surface area contributed by atoms with E-state index in [1.54, 1.807) is 0 Å². The van der Waals surface area contributed by atoms with Crippen molar-refractivity contribution in [3.05, 3.63) is 17.3 Å². The van der Waals surface area contributed by atoms with Crippen molar-refractivity contribution in [2.45, 2.75) is 46.6 Å². The molecule has 2 N–H and O–H groups in total. The van der Waals surface area contributed by atoms with Gasteiger partial charge in [0, 0.05) is 6.42 Å². The van der Waals surface area contributed by atoms with Crippen molar-refractivity contribution in [2.24, 2.45) is 5.92 Å². The van der Waals surface area contributed by atoms with Gasteiger partial charge >= 0.3 is 5.97 Å². The fourth-order valence-corrected chi connectivity index (χ4v) is 1.67. The standard InChI is InChI=1S/C13H22N2O3/c1-9(4-5-13(16)17)6-7-14-8-12-15-10(2)11(3)18-12/h9,14H,4-8H2,1-3H3,(H,16,17). The van der Waals surface area contributed by atoms with Crippen molar-refractivity contribution in [1.29, 1.82) is 0 Å². The van der Waals surface area contributed by atoms with Crippen LogP contribution in [-0.4, -0.2) is 22.6 Å². The summed E-state index contributed by atoms with van der Waals surface area (Å²) in [6, 6.07) is 0. The molecule has 1 aromatic heterocycles. The summed E-state index contributed by atoms with van der Waals surface area (Å²) in [5.74, 6) is 1.27. The molecule has 0 amide bonds. The molecule has 1 rings (SSSR count). The van der Waals surface area contributed by atoms with Crippen molar-refractivity contribution in [3.63, 3.8) is 0 Å². The van der Waals surface area contributed by atoms with Gasteiger partial charge in [-0.15, -0.1) is 0 Å². The summed E-state index contributed by atoms with van der Waals surface area (Å²) in [5, 5.41) is 11.8. The lowest BCUT2D eigenvalue weighted by molar-refractivity contribution is -0.137. The molecule has 0 radical (unpaired) electrons. The second-order valence-corrected chi connectivity index (χ2v) is 4.75. The second kappa shape index (κ2) is 7.16. The highest BCUT2D eigenvalue weighted by Gasteiger charge is 2.07. The van der Waals surface area contributed by atoms with Gasteiger partial charge in [-0.1, -0.05) is 6.92 Å². The lowest BCUT2D eigenvalue weighted by Crippen LogP contribution is -2.17. The van der Waals surface area contributed by atoms with Crippen LogP contribution in [0.15, 0.2) is 4.42 Å². The minimum atomic E-state index is -0.722. The highest BCUT2D eigenvalue weighted by molar-refractivity contribution is 5.66. The third-order valence-electron chi connectivity index (χ3n) is 3.01. The lowest BCUT2D eigenvalue weighted by atomic mass is 10.0. The molecule has 0 fully saturated rings. The number of hydrogen-bond acceptors (Lipinski definition) is 4. The summed E-state index contributed by atoms with van der Waals surface area (Å²) in [6.45, 7) is 7.38. The first kappa shape index (κ1) is 14.7. The van der Waals surface area contributed by atoms with E-state index in [2.05, 4.69) is 17.2 Å². The van der Waals surface area contributed by atoms with Gasteiger partial charge in [0.25, 0.3) is 0 Å². The summed E-state index contributed by atoms with van der Waals surface area (Å²) < 4.78 is 5.45. The molecule has 0 aromatic carbocycles. The molecule has 0 spiro atoms. The van der Waals surface area contributed by atoms with Crippen LogP contribution in [-0.2, 0) is 11.3 Å². The Morgan fingerprint density at radius 1 is 1.44 bits per heavy atom. The maximum Gasteiger partial charge on any atom is 0.303 e. The van der Waals surface area contributed by atoms with Crippen LogP contribution < -0.4 is 5.32 Å². The number of aliphatic carboxylic acids is 1. The molecule has 1 unspecified atom stereocenters. The third-order valence-corrected chi connectivity index (χ3v) is 3.01. The fourth-order valence-electron chi connectivity index (χ4n) is 1.67. The van der Waals surface area contributed by atoms with Gasteiger partial charge in [0.2, 0.25) is 5.89 Å². The zero-order valence-electron chi connectivity index (χ0n) is 11.3. The number of oxazole rings is 1. The Labute approximate surface area is 108 Å². The Morgan fingerprint density at radius 2 is 2.17 bits per heavy atom. The van der Waals surface area contributed by atoms with E-state index in [0.29, 0.717) is 18.4 Å². The molecule has 1 atom stereocenters. The monoisotopic (exact) mass is 254 g/mol. The molecule has 102 valence electrons. The van der Waals surface area contributed by atoms with Crippen LogP contribution in [0.1, 0.15) is 43.5 Å². The molecule has 1 aromatic rings. The fraction of sp³-hybridized carbons (Fsp3) is 0.692.